The summed E-state index contributed by atoms with van der Waals surface area (Å²) in [6, 6.07) is 15.0. The summed E-state index contributed by atoms with van der Waals surface area (Å²) < 4.78 is 1.38. The van der Waals surface area contributed by atoms with Crippen molar-refractivity contribution in [1.29, 1.82) is 0 Å². The van der Waals surface area contributed by atoms with Gasteiger partial charge >= 0.3 is 0 Å². The lowest BCUT2D eigenvalue weighted by atomic mass is 9.98. The van der Waals surface area contributed by atoms with Gasteiger partial charge < -0.3 is 5.73 Å². The van der Waals surface area contributed by atoms with E-state index in [9.17, 15) is 0 Å². The number of thiophene rings is 1. The predicted molar refractivity (Wildman–Crippen MR) is 90.5 cm³/mol. The number of hydrogen-bond donors (Lipinski definition) is 1. The van der Waals surface area contributed by atoms with Crippen molar-refractivity contribution >= 4 is 27.1 Å². The van der Waals surface area contributed by atoms with Crippen LogP contribution in [-0.2, 0) is 19.5 Å². The molecule has 2 N–H and O–H groups in total. The first kappa shape index (κ1) is 12.9. The van der Waals surface area contributed by atoms with Gasteiger partial charge in [-0.15, -0.1) is 11.3 Å². The molecule has 3 heteroatoms. The summed E-state index contributed by atoms with van der Waals surface area (Å²) in [6.07, 6.45) is 1.12. The van der Waals surface area contributed by atoms with Crippen LogP contribution in [0.5, 0.6) is 0 Å². The average Bonchev–Trinajstić information content (AvgIpc) is 2.90. The molecule has 0 aliphatic carbocycles. The summed E-state index contributed by atoms with van der Waals surface area (Å²) in [5, 5.41) is 3.71. The SMILES string of the molecule is Nc1ccc2c(c1)CN(Cc1csc3ccccc13)CC2. The van der Waals surface area contributed by atoms with Crippen molar-refractivity contribution in [2.24, 2.45) is 0 Å². The first-order chi connectivity index (χ1) is 10.3. The monoisotopic (exact) mass is 294 g/mol. The molecule has 4 rings (SSSR count). The predicted octanol–water partition coefficient (Wildman–Crippen LogP) is 4.04. The molecule has 0 atom stereocenters. The molecule has 0 radical (unpaired) electrons. The Morgan fingerprint density at radius 1 is 1.10 bits per heavy atom. The number of nitrogens with two attached hydrogens (primary N) is 1. The van der Waals surface area contributed by atoms with Gasteiger partial charge in [-0.3, -0.25) is 4.90 Å². The molecule has 3 aromatic rings. The van der Waals surface area contributed by atoms with Gasteiger partial charge in [0.2, 0.25) is 0 Å². The van der Waals surface area contributed by atoms with Crippen molar-refractivity contribution in [3.8, 4) is 0 Å². The molecular formula is C18H18N2S. The lowest BCUT2D eigenvalue weighted by Crippen LogP contribution is -2.30. The highest BCUT2D eigenvalue weighted by atomic mass is 32.1. The van der Waals surface area contributed by atoms with Crippen molar-refractivity contribution in [2.45, 2.75) is 19.5 Å². The normalized spacial score (nSPS) is 15.2. The second kappa shape index (κ2) is 5.17. The number of hydrogen-bond acceptors (Lipinski definition) is 3. The molecule has 1 aromatic heterocycles. The molecule has 0 fully saturated rings. The highest BCUT2D eigenvalue weighted by Gasteiger charge is 2.17. The summed E-state index contributed by atoms with van der Waals surface area (Å²) in [5.74, 6) is 0. The zero-order chi connectivity index (χ0) is 14.2. The van der Waals surface area contributed by atoms with Crippen molar-refractivity contribution in [1.82, 2.24) is 4.90 Å². The summed E-state index contributed by atoms with van der Waals surface area (Å²) in [6.45, 7) is 3.16. The third-order valence-electron chi connectivity index (χ3n) is 4.28. The Morgan fingerprint density at radius 3 is 2.95 bits per heavy atom. The number of anilines is 1. The molecule has 0 saturated heterocycles. The lowest BCUT2D eigenvalue weighted by Gasteiger charge is -2.28. The maximum atomic E-state index is 5.92. The number of nitrogens with zero attached hydrogens (tertiary/aromatic N) is 1. The minimum Gasteiger partial charge on any atom is -0.399 e. The molecule has 0 saturated carbocycles. The van der Waals surface area contributed by atoms with Gasteiger partial charge in [-0.1, -0.05) is 24.3 Å². The second-order valence-electron chi connectivity index (χ2n) is 5.75. The zero-order valence-electron chi connectivity index (χ0n) is 11.9. The molecular weight excluding hydrogens is 276 g/mol. The van der Waals surface area contributed by atoms with E-state index < -0.39 is 0 Å². The van der Waals surface area contributed by atoms with Crippen LogP contribution < -0.4 is 5.73 Å². The van der Waals surface area contributed by atoms with Gasteiger partial charge in [0.15, 0.2) is 0 Å². The Kier molecular flexibility index (Phi) is 3.17. The van der Waals surface area contributed by atoms with E-state index in [2.05, 4.69) is 46.7 Å². The lowest BCUT2D eigenvalue weighted by molar-refractivity contribution is 0.247. The third-order valence-corrected chi connectivity index (χ3v) is 5.29. The van der Waals surface area contributed by atoms with Gasteiger partial charge in [0.25, 0.3) is 0 Å². The minimum atomic E-state index is 0.872. The zero-order valence-corrected chi connectivity index (χ0v) is 12.7. The van der Waals surface area contributed by atoms with E-state index in [1.807, 2.05) is 17.4 Å². The molecule has 0 unspecified atom stereocenters. The smallest absolute Gasteiger partial charge is 0.0346 e. The van der Waals surface area contributed by atoms with Gasteiger partial charge in [-0.2, -0.15) is 0 Å². The highest BCUT2D eigenvalue weighted by Crippen LogP contribution is 2.28. The number of benzene rings is 2. The summed E-state index contributed by atoms with van der Waals surface area (Å²) in [7, 11) is 0. The minimum absolute atomic E-state index is 0.872. The van der Waals surface area contributed by atoms with Crippen LogP contribution in [0.25, 0.3) is 10.1 Å². The van der Waals surface area contributed by atoms with Gasteiger partial charge in [0.1, 0.15) is 0 Å². The standard InChI is InChI=1S/C18H18N2S/c19-16-6-5-13-7-8-20(10-14(13)9-16)11-15-12-21-18-4-2-1-3-17(15)18/h1-6,9,12H,7-8,10-11,19H2. The molecule has 1 aliphatic rings. The largest absolute Gasteiger partial charge is 0.399 e. The maximum Gasteiger partial charge on any atom is 0.0346 e. The Morgan fingerprint density at radius 2 is 2.00 bits per heavy atom. The summed E-state index contributed by atoms with van der Waals surface area (Å²) in [4.78, 5) is 2.52. The van der Waals surface area contributed by atoms with Crippen LogP contribution in [0, 0.1) is 0 Å². The van der Waals surface area contributed by atoms with Gasteiger partial charge in [0, 0.05) is 30.0 Å². The van der Waals surface area contributed by atoms with E-state index in [4.69, 9.17) is 5.73 Å². The molecule has 2 nitrogen and oxygen atoms in total. The fourth-order valence-corrected chi connectivity index (χ4v) is 4.12. The first-order valence-electron chi connectivity index (χ1n) is 7.34. The molecule has 1 aliphatic heterocycles. The Bertz CT molecular complexity index is 791. The Labute approximate surface area is 128 Å². The maximum absolute atomic E-state index is 5.92. The van der Waals surface area contributed by atoms with Crippen molar-refractivity contribution in [3.63, 3.8) is 0 Å². The van der Waals surface area contributed by atoms with Crippen LogP contribution in [0.15, 0.2) is 47.8 Å². The van der Waals surface area contributed by atoms with E-state index in [0.717, 1.165) is 31.7 Å². The van der Waals surface area contributed by atoms with Crippen molar-refractivity contribution in [3.05, 3.63) is 64.5 Å². The summed E-state index contributed by atoms with van der Waals surface area (Å²) >= 11 is 1.84. The van der Waals surface area contributed by atoms with Crippen LogP contribution in [0.1, 0.15) is 16.7 Å². The molecule has 2 heterocycles. The molecule has 106 valence electrons. The van der Waals surface area contributed by atoms with E-state index in [0.29, 0.717) is 0 Å². The van der Waals surface area contributed by atoms with Gasteiger partial charge in [-0.25, -0.2) is 0 Å². The second-order valence-corrected chi connectivity index (χ2v) is 6.66. The van der Waals surface area contributed by atoms with Crippen LogP contribution in [-0.4, -0.2) is 11.4 Å². The highest BCUT2D eigenvalue weighted by molar-refractivity contribution is 7.17. The van der Waals surface area contributed by atoms with Crippen molar-refractivity contribution < 1.29 is 0 Å². The van der Waals surface area contributed by atoms with Crippen LogP contribution in [0.2, 0.25) is 0 Å². The molecule has 0 spiro atoms. The van der Waals surface area contributed by atoms with Crippen molar-refractivity contribution in [2.75, 3.05) is 12.3 Å². The van der Waals surface area contributed by atoms with Crippen LogP contribution in [0.3, 0.4) is 0 Å². The molecule has 21 heavy (non-hydrogen) atoms. The fraction of sp³-hybridized carbons (Fsp3) is 0.222. The van der Waals surface area contributed by atoms with E-state index in [1.54, 1.807) is 0 Å². The fourth-order valence-electron chi connectivity index (χ4n) is 3.17. The molecule has 2 aromatic carbocycles. The molecule has 0 amide bonds. The van der Waals surface area contributed by atoms with Gasteiger partial charge in [0.05, 0.1) is 0 Å². The van der Waals surface area contributed by atoms with Gasteiger partial charge in [-0.05, 0) is 52.1 Å². The summed E-state index contributed by atoms with van der Waals surface area (Å²) in [5.41, 5.74) is 11.1. The number of fused-ring (bicyclic) bond motifs is 2. The third kappa shape index (κ3) is 2.43. The quantitative estimate of drug-likeness (QED) is 0.723. The number of nitrogen functional groups attached to an aromatic ring is 1. The van der Waals surface area contributed by atoms with E-state index in [1.165, 1.54) is 26.8 Å². The Balaban J connectivity index is 1.59. The van der Waals surface area contributed by atoms with Crippen LogP contribution >= 0.6 is 11.3 Å². The Hall–Kier alpha value is -1.84. The average molecular weight is 294 g/mol. The van der Waals surface area contributed by atoms with E-state index >= 15 is 0 Å². The number of rotatable bonds is 2. The van der Waals surface area contributed by atoms with E-state index in [-0.39, 0.29) is 0 Å². The topological polar surface area (TPSA) is 29.3 Å². The van der Waals surface area contributed by atoms with Crippen LogP contribution in [0.4, 0.5) is 5.69 Å². The first-order valence-corrected chi connectivity index (χ1v) is 8.22. The molecule has 0 bridgehead atoms.